The number of nitrogens with zero attached hydrogens (tertiary/aromatic N) is 3. The van der Waals surface area contributed by atoms with Crippen molar-refractivity contribution in [2.45, 2.75) is 113 Å². The normalized spacial score (nSPS) is 29.9. The van der Waals surface area contributed by atoms with Gasteiger partial charge in [0.2, 0.25) is 21.8 Å². The number of carbonyl (C=O) groups excluding carboxylic acids is 3. The second kappa shape index (κ2) is 12.9. The second-order valence-electron chi connectivity index (χ2n) is 13.9. The van der Waals surface area contributed by atoms with Gasteiger partial charge in [-0.3, -0.25) is 24.1 Å². The van der Waals surface area contributed by atoms with E-state index < -0.39 is 50.3 Å². The minimum absolute atomic E-state index is 0.131. The number of fused-ring (bicyclic) bond motifs is 2. The molecule has 4 aliphatic rings. The van der Waals surface area contributed by atoms with Crippen LogP contribution < -0.4 is 20.5 Å². The van der Waals surface area contributed by atoms with E-state index in [2.05, 4.69) is 33.9 Å². The Morgan fingerprint density at radius 1 is 1.23 bits per heavy atom. The number of hydrogen-bond acceptors (Lipinski definition) is 10. The van der Waals surface area contributed by atoms with Gasteiger partial charge in [-0.15, -0.1) is 11.3 Å². The topological polar surface area (TPSA) is 174 Å². The van der Waals surface area contributed by atoms with E-state index in [0.717, 1.165) is 36.4 Å². The first kappa shape index (κ1) is 33.5. The monoisotopic (exact) mass is 684 g/mol. The number of pyridine rings is 1. The molecule has 14 heteroatoms. The third kappa shape index (κ3) is 6.95. The van der Waals surface area contributed by atoms with Crippen LogP contribution in [0.25, 0.3) is 10.7 Å². The molecule has 4 N–H and O–H groups in total. The van der Waals surface area contributed by atoms with Crippen molar-refractivity contribution in [3.05, 3.63) is 41.6 Å². The van der Waals surface area contributed by atoms with Crippen LogP contribution in [0.5, 0.6) is 5.75 Å². The van der Waals surface area contributed by atoms with Crippen molar-refractivity contribution in [2.75, 3.05) is 6.54 Å². The van der Waals surface area contributed by atoms with Crippen molar-refractivity contribution in [2.24, 2.45) is 11.7 Å². The predicted octanol–water partition coefficient (Wildman–Crippen LogP) is 3.40. The lowest BCUT2D eigenvalue weighted by atomic mass is 10.1. The molecule has 0 aromatic carbocycles. The molecule has 254 valence electrons. The fraction of sp³-hybridized carbons (Fsp3) is 0.606. The minimum atomic E-state index is -3.92. The van der Waals surface area contributed by atoms with Gasteiger partial charge in [-0.1, -0.05) is 38.8 Å². The Hall–Kier alpha value is -3.36. The van der Waals surface area contributed by atoms with Gasteiger partial charge in [0.15, 0.2) is 0 Å². The van der Waals surface area contributed by atoms with Gasteiger partial charge in [0.05, 0.1) is 23.0 Å². The fourth-order valence-corrected chi connectivity index (χ4v) is 8.56. The molecule has 2 aliphatic carbocycles. The van der Waals surface area contributed by atoms with Crippen molar-refractivity contribution in [3.63, 3.8) is 0 Å². The van der Waals surface area contributed by atoms with Gasteiger partial charge in [-0.05, 0) is 57.4 Å². The molecule has 12 nitrogen and oxygen atoms in total. The summed E-state index contributed by atoms with van der Waals surface area (Å²) in [6.45, 7) is 5.90. The van der Waals surface area contributed by atoms with Crippen LogP contribution in [0.4, 0.5) is 0 Å². The molecule has 5 atom stereocenters. The van der Waals surface area contributed by atoms with E-state index in [1.54, 1.807) is 25.3 Å². The van der Waals surface area contributed by atoms with Crippen LogP contribution in [0, 0.1) is 5.92 Å². The fourth-order valence-electron chi connectivity index (χ4n) is 6.30. The van der Waals surface area contributed by atoms with Crippen LogP contribution in [0.3, 0.4) is 0 Å². The van der Waals surface area contributed by atoms with Crippen molar-refractivity contribution in [1.29, 1.82) is 0 Å². The number of allylic oxidation sites excluding steroid dienone is 1. The minimum Gasteiger partial charge on any atom is -0.488 e. The van der Waals surface area contributed by atoms with E-state index in [1.807, 2.05) is 17.5 Å². The van der Waals surface area contributed by atoms with Gasteiger partial charge in [-0.25, -0.2) is 13.4 Å². The number of nitrogens with two attached hydrogens (primary N) is 1. The van der Waals surface area contributed by atoms with Crippen molar-refractivity contribution in [1.82, 2.24) is 24.9 Å². The van der Waals surface area contributed by atoms with Crippen LogP contribution in [0.2, 0.25) is 0 Å². The number of sulfonamides is 1. The van der Waals surface area contributed by atoms with Gasteiger partial charge in [0, 0.05) is 30.0 Å². The van der Waals surface area contributed by atoms with Crippen molar-refractivity contribution < 1.29 is 27.5 Å². The molecule has 3 amide bonds. The molecular weight excluding hydrogens is 641 g/mol. The number of ether oxygens (including phenoxy) is 1. The van der Waals surface area contributed by atoms with Crippen LogP contribution in [-0.2, 0) is 24.4 Å². The maximum absolute atomic E-state index is 14.0. The number of hydrogen-bond donors (Lipinski definition) is 3. The maximum Gasteiger partial charge on any atom is 0.259 e. The van der Waals surface area contributed by atoms with Gasteiger partial charge < -0.3 is 20.7 Å². The Bertz CT molecular complexity index is 1670. The van der Waals surface area contributed by atoms with E-state index in [9.17, 15) is 22.8 Å². The van der Waals surface area contributed by atoms with E-state index >= 15 is 0 Å². The highest BCUT2D eigenvalue weighted by Gasteiger charge is 2.63. The smallest absolute Gasteiger partial charge is 0.259 e. The average Bonchev–Trinajstić information content (AvgIpc) is 3.80. The highest BCUT2D eigenvalue weighted by atomic mass is 32.2. The quantitative estimate of drug-likeness (QED) is 0.370. The Balaban J connectivity index is 1.23. The van der Waals surface area contributed by atoms with Gasteiger partial charge in [0.25, 0.3) is 5.91 Å². The number of amides is 3. The van der Waals surface area contributed by atoms with Gasteiger partial charge in [-0.2, -0.15) is 0 Å². The summed E-state index contributed by atoms with van der Waals surface area (Å²) in [5.74, 6) is -1.17. The number of rotatable bonds is 7. The third-order valence-corrected chi connectivity index (χ3v) is 12.9. The lowest BCUT2D eigenvalue weighted by Crippen LogP contribution is -2.58. The van der Waals surface area contributed by atoms with Crippen molar-refractivity contribution >= 4 is 39.1 Å². The summed E-state index contributed by atoms with van der Waals surface area (Å²) in [7, 11) is -3.92. The average molecular weight is 685 g/mol. The van der Waals surface area contributed by atoms with E-state index in [0.29, 0.717) is 30.7 Å². The number of carbonyl (C=O) groups is 3. The molecule has 0 unspecified atom stereocenters. The SMILES string of the molecule is CC(C)c1csc(-c2cc(O[C@@H]3C[C@H]4C(=O)N[C@]5(C(=O)NS(=O)(=O)C6(C)CC6)C[C@H]5/C=C\CCCCC[C@H](N)C(=O)N4C3)ccn2)n1. The number of aromatic nitrogens is 2. The standard InChI is InChI=1S/C33H44N6O6S2/c1-20(2)26-19-46-29(36-26)25-15-22(11-14-35-25)45-23-16-27-28(40)37-33(31(42)38-47(43,44)32(3)12-13-32)17-21(33)9-7-5-4-6-8-10-24(34)30(41)39(27)18-23/h7,9,11,14-15,19-21,23-24,27H,4-6,8,10,12-13,16-18,34H2,1-3H3,(H,37,40)(H,38,42)/b9-7-/t21-,23-,24+,27+,33-/m1/s1. The van der Waals surface area contributed by atoms with E-state index in [1.165, 1.54) is 16.2 Å². The van der Waals surface area contributed by atoms with Crippen molar-refractivity contribution in [3.8, 4) is 16.5 Å². The lowest BCUT2D eigenvalue weighted by Gasteiger charge is -2.28. The van der Waals surface area contributed by atoms with E-state index in [-0.39, 0.29) is 37.1 Å². The predicted molar refractivity (Wildman–Crippen MR) is 178 cm³/mol. The molecule has 0 spiro atoms. The van der Waals surface area contributed by atoms with Crippen LogP contribution >= 0.6 is 11.3 Å². The third-order valence-electron chi connectivity index (χ3n) is 9.88. The highest BCUT2D eigenvalue weighted by molar-refractivity contribution is 7.91. The summed E-state index contributed by atoms with van der Waals surface area (Å²) in [5.41, 5.74) is 6.59. The highest BCUT2D eigenvalue weighted by Crippen LogP contribution is 2.47. The molecule has 1 saturated heterocycles. The van der Waals surface area contributed by atoms with Crippen LogP contribution in [0.1, 0.15) is 90.2 Å². The zero-order valence-electron chi connectivity index (χ0n) is 27.1. The summed E-state index contributed by atoms with van der Waals surface area (Å²) >= 11 is 1.51. The maximum atomic E-state index is 14.0. The Labute approximate surface area is 280 Å². The molecular formula is C33H44N6O6S2. The van der Waals surface area contributed by atoms with E-state index in [4.69, 9.17) is 10.5 Å². The summed E-state index contributed by atoms with van der Waals surface area (Å²) in [6.07, 6.45) is 10.2. The molecule has 0 bridgehead atoms. The Morgan fingerprint density at radius 3 is 2.74 bits per heavy atom. The molecule has 2 aromatic heterocycles. The molecule has 0 radical (unpaired) electrons. The largest absolute Gasteiger partial charge is 0.488 e. The number of nitrogens with one attached hydrogen (secondary N) is 2. The molecule has 2 aliphatic heterocycles. The summed E-state index contributed by atoms with van der Waals surface area (Å²) < 4.78 is 33.6. The first-order valence-corrected chi connectivity index (χ1v) is 18.9. The van der Waals surface area contributed by atoms with Gasteiger partial charge >= 0.3 is 0 Å². The first-order valence-electron chi connectivity index (χ1n) is 16.5. The lowest BCUT2D eigenvalue weighted by molar-refractivity contribution is -0.140. The number of thiazole rings is 1. The Morgan fingerprint density at radius 2 is 2.02 bits per heavy atom. The summed E-state index contributed by atoms with van der Waals surface area (Å²) in [5, 5.41) is 5.68. The first-order chi connectivity index (χ1) is 22.3. The molecule has 2 saturated carbocycles. The molecule has 47 heavy (non-hydrogen) atoms. The Kier molecular flexibility index (Phi) is 9.22. The second-order valence-corrected chi connectivity index (χ2v) is 17.0. The zero-order valence-corrected chi connectivity index (χ0v) is 28.7. The molecule has 3 fully saturated rings. The van der Waals surface area contributed by atoms with Crippen LogP contribution in [0.15, 0.2) is 35.9 Å². The summed E-state index contributed by atoms with van der Waals surface area (Å²) in [4.78, 5) is 52.0. The molecule has 2 aromatic rings. The van der Waals surface area contributed by atoms with Crippen LogP contribution in [-0.4, -0.2) is 76.0 Å². The molecule has 4 heterocycles. The molecule has 6 rings (SSSR count). The summed E-state index contributed by atoms with van der Waals surface area (Å²) in [6, 6.07) is 1.79. The zero-order chi connectivity index (χ0) is 33.6. The van der Waals surface area contributed by atoms with Gasteiger partial charge in [0.1, 0.15) is 34.1 Å².